The van der Waals surface area contributed by atoms with Gasteiger partial charge in [-0.15, -0.1) is 0 Å². The van der Waals surface area contributed by atoms with Gasteiger partial charge < -0.3 is 9.64 Å². The van der Waals surface area contributed by atoms with Crippen LogP contribution >= 0.6 is 0 Å². The van der Waals surface area contributed by atoms with E-state index >= 15 is 0 Å². The van der Waals surface area contributed by atoms with Crippen molar-refractivity contribution in [2.75, 3.05) is 26.2 Å². The van der Waals surface area contributed by atoms with Gasteiger partial charge in [-0.1, -0.05) is 24.3 Å². The Morgan fingerprint density at radius 2 is 1.63 bits per heavy atom. The maximum atomic E-state index is 13.2. The normalized spacial score (nSPS) is 16.6. The number of fused-ring (bicyclic) bond motifs is 2. The Morgan fingerprint density at radius 1 is 0.886 bits per heavy atom. The molecule has 0 N–H and O–H groups in total. The molecule has 0 saturated carbocycles. The highest BCUT2D eigenvalue weighted by Gasteiger charge is 2.34. The number of amidine groups is 1. The number of hydrogen-bond donors (Lipinski definition) is 0. The topological polar surface area (TPSA) is 62.2 Å². The van der Waals surface area contributed by atoms with Crippen molar-refractivity contribution in [3.63, 3.8) is 0 Å². The van der Waals surface area contributed by atoms with Crippen molar-refractivity contribution in [2.24, 2.45) is 4.99 Å². The summed E-state index contributed by atoms with van der Waals surface area (Å²) in [5.74, 6) is 0.939. The van der Waals surface area contributed by atoms with Crippen LogP contribution in [-0.4, -0.2) is 49.6 Å². The zero-order valence-corrected chi connectivity index (χ0v) is 19.6. The van der Waals surface area contributed by atoms with E-state index < -0.39 is 21.8 Å². The Labute approximate surface area is 201 Å². The predicted molar refractivity (Wildman–Crippen MR) is 126 cm³/mol. The van der Waals surface area contributed by atoms with E-state index in [0.29, 0.717) is 30.2 Å². The van der Waals surface area contributed by atoms with Crippen molar-refractivity contribution in [3.8, 4) is 11.5 Å². The van der Waals surface area contributed by atoms with Gasteiger partial charge in [0.15, 0.2) is 5.75 Å². The molecule has 0 spiro atoms. The van der Waals surface area contributed by atoms with E-state index in [4.69, 9.17) is 4.74 Å². The molecule has 0 atom stereocenters. The Hall–Kier alpha value is -3.37. The minimum Gasteiger partial charge on any atom is -0.454 e. The van der Waals surface area contributed by atoms with Crippen LogP contribution in [0.2, 0.25) is 0 Å². The second-order valence-corrected chi connectivity index (χ2v) is 10.4. The molecule has 0 bridgehead atoms. The summed E-state index contributed by atoms with van der Waals surface area (Å²) in [7, 11) is -3.64. The molecule has 1 saturated heterocycles. The van der Waals surface area contributed by atoms with Gasteiger partial charge in [-0.05, 0) is 55.0 Å². The van der Waals surface area contributed by atoms with E-state index in [1.54, 1.807) is 42.5 Å². The molecular weight excluding hydrogens is 479 g/mol. The van der Waals surface area contributed by atoms with Crippen molar-refractivity contribution in [1.82, 2.24) is 9.21 Å². The molecule has 2 aliphatic heterocycles. The highest BCUT2D eigenvalue weighted by Crippen LogP contribution is 2.42. The van der Waals surface area contributed by atoms with Crippen molar-refractivity contribution in [3.05, 3.63) is 83.4 Å². The van der Waals surface area contributed by atoms with E-state index in [9.17, 15) is 21.6 Å². The number of piperazine rings is 1. The number of aryl methyl sites for hydroxylation is 1. The predicted octanol–water partition coefficient (Wildman–Crippen LogP) is 5.20. The van der Waals surface area contributed by atoms with E-state index in [0.717, 1.165) is 17.7 Å². The van der Waals surface area contributed by atoms with Crippen molar-refractivity contribution in [1.29, 1.82) is 0 Å². The lowest BCUT2D eigenvalue weighted by Crippen LogP contribution is -2.50. The highest BCUT2D eigenvalue weighted by atomic mass is 32.2. The van der Waals surface area contributed by atoms with Crippen molar-refractivity contribution >= 4 is 21.5 Å². The molecule has 3 aromatic rings. The van der Waals surface area contributed by atoms with Gasteiger partial charge >= 0.3 is 6.18 Å². The number of alkyl halides is 3. The molecule has 35 heavy (non-hydrogen) atoms. The number of nitrogens with zero attached hydrogens (tertiary/aromatic N) is 3. The number of sulfonamides is 1. The Balaban J connectivity index is 1.45. The van der Waals surface area contributed by atoms with Crippen LogP contribution in [0.1, 0.15) is 16.7 Å². The monoisotopic (exact) mass is 501 g/mol. The average molecular weight is 502 g/mol. The highest BCUT2D eigenvalue weighted by molar-refractivity contribution is 7.89. The van der Waals surface area contributed by atoms with Gasteiger partial charge in [0.05, 0.1) is 16.0 Å². The van der Waals surface area contributed by atoms with Gasteiger partial charge in [0.2, 0.25) is 10.0 Å². The van der Waals surface area contributed by atoms with E-state index in [1.165, 1.54) is 10.4 Å². The molecule has 0 radical (unpaired) electrons. The van der Waals surface area contributed by atoms with Crippen LogP contribution in [0, 0.1) is 6.92 Å². The molecule has 0 aromatic heterocycles. The lowest BCUT2D eigenvalue weighted by molar-refractivity contribution is -0.137. The van der Waals surface area contributed by atoms with Gasteiger partial charge in [-0.3, -0.25) is 0 Å². The lowest BCUT2D eigenvalue weighted by Gasteiger charge is -2.36. The molecular formula is C25H22F3N3O3S. The number of benzene rings is 3. The van der Waals surface area contributed by atoms with Gasteiger partial charge in [0.1, 0.15) is 17.3 Å². The summed E-state index contributed by atoms with van der Waals surface area (Å²) >= 11 is 0. The molecule has 6 nitrogen and oxygen atoms in total. The zero-order chi connectivity index (χ0) is 24.8. The number of halogens is 3. The van der Waals surface area contributed by atoms with Crippen molar-refractivity contribution in [2.45, 2.75) is 18.0 Å². The molecule has 1 fully saturated rings. The zero-order valence-electron chi connectivity index (χ0n) is 18.8. The number of para-hydroxylation sites is 1. The first-order valence-corrected chi connectivity index (χ1v) is 12.5. The standard InChI is InChI=1S/C25H22F3N3O3S/c1-17-5-4-6-19(15-17)35(32,33)31-13-11-30(12-14-31)24-20-7-2-3-8-22(20)34-23-16-18(25(26,27)28)9-10-21(23)29-24/h2-10,15-16H,11-14H2,1H3. The maximum absolute atomic E-state index is 13.2. The molecule has 2 aliphatic rings. The molecule has 10 heteroatoms. The lowest BCUT2D eigenvalue weighted by atomic mass is 10.1. The molecule has 2 heterocycles. The SMILES string of the molecule is Cc1cccc(S(=O)(=O)N2CCN(C3=Nc4ccc(C(F)(F)F)cc4Oc4ccccc43)CC2)c1. The van der Waals surface area contributed by atoms with Gasteiger partial charge in [-0.2, -0.15) is 17.5 Å². The average Bonchev–Trinajstić information content (AvgIpc) is 3.00. The largest absolute Gasteiger partial charge is 0.454 e. The second kappa shape index (κ2) is 8.69. The van der Waals surface area contributed by atoms with Crippen LogP contribution in [0.3, 0.4) is 0 Å². The third-order valence-corrected chi connectivity index (χ3v) is 7.92. The van der Waals surface area contributed by atoms with Crippen LogP contribution in [0.4, 0.5) is 18.9 Å². The number of rotatable bonds is 2. The smallest absolute Gasteiger partial charge is 0.416 e. The molecule has 5 rings (SSSR count). The molecule has 0 unspecified atom stereocenters. The number of aliphatic imine (C=N–C) groups is 1. The van der Waals surface area contributed by atoms with Gasteiger partial charge in [0, 0.05) is 26.2 Å². The minimum absolute atomic E-state index is 0.0166. The Morgan fingerprint density at radius 3 is 2.34 bits per heavy atom. The molecule has 0 aliphatic carbocycles. The van der Waals surface area contributed by atoms with Crippen LogP contribution in [0.25, 0.3) is 0 Å². The second-order valence-electron chi connectivity index (χ2n) is 8.42. The first-order chi connectivity index (χ1) is 16.6. The first kappa shape index (κ1) is 23.4. The van der Waals surface area contributed by atoms with Gasteiger partial charge in [-0.25, -0.2) is 13.4 Å². The molecule has 182 valence electrons. The van der Waals surface area contributed by atoms with Crippen LogP contribution in [-0.2, 0) is 16.2 Å². The maximum Gasteiger partial charge on any atom is 0.416 e. The summed E-state index contributed by atoms with van der Waals surface area (Å²) in [6.07, 6.45) is -4.50. The fourth-order valence-corrected chi connectivity index (χ4v) is 5.73. The summed E-state index contributed by atoms with van der Waals surface area (Å²) in [6.45, 7) is 3.08. The summed E-state index contributed by atoms with van der Waals surface area (Å²) in [6, 6.07) is 17.0. The summed E-state index contributed by atoms with van der Waals surface area (Å²) in [5.41, 5.74) is 0.954. The number of hydrogen-bond acceptors (Lipinski definition) is 5. The van der Waals surface area contributed by atoms with E-state index in [2.05, 4.69) is 4.99 Å². The van der Waals surface area contributed by atoms with E-state index in [1.807, 2.05) is 17.9 Å². The third-order valence-electron chi connectivity index (χ3n) is 6.03. The van der Waals surface area contributed by atoms with E-state index in [-0.39, 0.29) is 29.4 Å². The van der Waals surface area contributed by atoms with Gasteiger partial charge in [0.25, 0.3) is 0 Å². The Bertz CT molecular complexity index is 1410. The third kappa shape index (κ3) is 4.51. The Kier molecular flexibility index (Phi) is 5.80. The minimum atomic E-state index is -4.50. The molecule has 3 aromatic carbocycles. The fourth-order valence-electron chi connectivity index (χ4n) is 4.20. The molecule has 0 amide bonds. The summed E-state index contributed by atoms with van der Waals surface area (Å²) < 4.78 is 73.3. The number of ether oxygens (including phenoxy) is 1. The first-order valence-electron chi connectivity index (χ1n) is 11.0. The van der Waals surface area contributed by atoms with Crippen LogP contribution in [0.5, 0.6) is 11.5 Å². The van der Waals surface area contributed by atoms with Crippen LogP contribution < -0.4 is 4.74 Å². The fraction of sp³-hybridized carbons (Fsp3) is 0.240. The van der Waals surface area contributed by atoms with Crippen LogP contribution in [0.15, 0.2) is 76.6 Å². The summed E-state index contributed by atoms with van der Waals surface area (Å²) in [5, 5.41) is 0. The summed E-state index contributed by atoms with van der Waals surface area (Å²) in [4.78, 5) is 6.86. The van der Waals surface area contributed by atoms with Crippen molar-refractivity contribution < 1.29 is 26.3 Å². The quantitative estimate of drug-likeness (QED) is 0.484.